The van der Waals surface area contributed by atoms with Crippen molar-refractivity contribution in [1.29, 1.82) is 0 Å². The van der Waals surface area contributed by atoms with E-state index in [9.17, 15) is 18.0 Å². The maximum atomic E-state index is 12.0. The Kier molecular flexibility index (Phi) is 6.21. The van der Waals surface area contributed by atoms with E-state index in [-0.39, 0.29) is 22.7 Å². The number of rotatable bonds is 2. The zero-order valence-electron chi connectivity index (χ0n) is 10.7. The van der Waals surface area contributed by atoms with Crippen LogP contribution in [0.3, 0.4) is 0 Å². The van der Waals surface area contributed by atoms with Crippen LogP contribution in [0.2, 0.25) is 10.3 Å². The molecule has 0 bridgehead atoms. The minimum atomic E-state index is -4.28. The molecule has 2 aromatic rings. The third-order valence-corrected chi connectivity index (χ3v) is 2.95. The summed E-state index contributed by atoms with van der Waals surface area (Å²) in [6.07, 6.45) is -4.28. The normalized spacial score (nSPS) is 10.8. The summed E-state index contributed by atoms with van der Waals surface area (Å²) in [6, 6.07) is 4.61. The fourth-order valence-corrected chi connectivity index (χ4v) is 1.51. The number of hydrogen-bond donors (Lipinski definition) is 2. The lowest BCUT2D eigenvalue weighted by molar-refractivity contribution is -0.137. The van der Waals surface area contributed by atoms with Gasteiger partial charge in [-0.2, -0.15) is 13.2 Å². The molecule has 1 aromatic heterocycles. The molecule has 0 fully saturated rings. The first-order chi connectivity index (χ1) is 10.1. The smallest absolute Gasteiger partial charge is 0.416 e. The van der Waals surface area contributed by atoms with Crippen LogP contribution < -0.4 is 0 Å². The topological polar surface area (TPSA) is 89.8 Å². The van der Waals surface area contributed by atoms with Crippen molar-refractivity contribution in [2.75, 3.05) is 0 Å². The Morgan fingerprint density at radius 2 is 1.82 bits per heavy atom. The monoisotopic (exact) mass is 354 g/mol. The minimum absolute atomic E-state index is 0.0120. The molecule has 0 unspecified atom stereocenters. The van der Waals surface area contributed by atoms with Crippen LogP contribution in [0.25, 0.3) is 5.73 Å². The summed E-state index contributed by atoms with van der Waals surface area (Å²) in [5.41, 5.74) is 6.81. The summed E-state index contributed by atoms with van der Waals surface area (Å²) < 4.78 is 35.9. The van der Waals surface area contributed by atoms with Crippen molar-refractivity contribution in [2.45, 2.75) is 12.7 Å². The number of alkyl halides is 3. The standard InChI is InChI=1S/C8H7F3N.C4H2Cl2N2O2/c9-8(10,11)7-3-1-6(5-12)2-4-7;5-1-2(6)8-3(7-1)4(9)10/h1-4,12H,5H2;(H,7,8)(H,9,10)/q-1;. The molecule has 2 rings (SSSR count). The van der Waals surface area contributed by atoms with Crippen molar-refractivity contribution in [1.82, 2.24) is 9.97 Å². The highest BCUT2D eigenvalue weighted by molar-refractivity contribution is 6.40. The molecule has 120 valence electrons. The molecule has 0 aliphatic carbocycles. The van der Waals surface area contributed by atoms with E-state index in [4.69, 9.17) is 34.0 Å². The van der Waals surface area contributed by atoms with Gasteiger partial charge in [-0.25, -0.2) is 9.78 Å². The van der Waals surface area contributed by atoms with Crippen LogP contribution in [0.1, 0.15) is 21.7 Å². The number of carboxylic acids is 1. The van der Waals surface area contributed by atoms with Gasteiger partial charge in [-0.1, -0.05) is 40.9 Å². The van der Waals surface area contributed by atoms with Crippen molar-refractivity contribution in [2.24, 2.45) is 0 Å². The van der Waals surface area contributed by atoms with Crippen LogP contribution in [0.5, 0.6) is 0 Å². The zero-order valence-corrected chi connectivity index (χ0v) is 12.2. The average Bonchev–Trinajstić information content (AvgIpc) is 2.79. The fraction of sp³-hybridized carbons (Fsp3) is 0.167. The summed E-state index contributed by atoms with van der Waals surface area (Å²) in [5.74, 6) is -1.44. The SMILES string of the molecule is O=C(O)c1nc(Cl)c(Cl)[nH]1.[NH-]Cc1ccc(C(F)(F)F)cc1. The predicted molar refractivity (Wildman–Crippen MR) is 75.0 cm³/mol. The van der Waals surface area contributed by atoms with E-state index in [2.05, 4.69) is 9.97 Å². The number of nitrogens with zero attached hydrogens (tertiary/aromatic N) is 1. The molecule has 1 aromatic carbocycles. The van der Waals surface area contributed by atoms with E-state index in [1.807, 2.05) is 0 Å². The maximum Gasteiger partial charge on any atom is 0.416 e. The first-order valence-corrected chi connectivity index (χ1v) is 6.35. The van der Waals surface area contributed by atoms with Gasteiger partial charge in [0, 0.05) is 0 Å². The van der Waals surface area contributed by atoms with Crippen molar-refractivity contribution in [3.05, 3.63) is 57.3 Å². The van der Waals surface area contributed by atoms with Crippen LogP contribution in [0.15, 0.2) is 24.3 Å². The molecule has 0 radical (unpaired) electrons. The van der Waals surface area contributed by atoms with Crippen LogP contribution in [0, 0.1) is 0 Å². The van der Waals surface area contributed by atoms with Crippen molar-refractivity contribution < 1.29 is 23.1 Å². The van der Waals surface area contributed by atoms with Gasteiger partial charge in [-0.3, -0.25) is 0 Å². The van der Waals surface area contributed by atoms with Gasteiger partial charge in [-0.15, -0.1) is 6.54 Å². The van der Waals surface area contributed by atoms with Crippen LogP contribution in [0.4, 0.5) is 13.2 Å². The lowest BCUT2D eigenvalue weighted by atomic mass is 10.1. The number of aromatic carboxylic acids is 1. The first kappa shape index (κ1) is 18.3. The lowest BCUT2D eigenvalue weighted by Crippen LogP contribution is -2.04. The first-order valence-electron chi connectivity index (χ1n) is 5.60. The molecule has 10 heteroatoms. The molecule has 0 spiro atoms. The van der Waals surface area contributed by atoms with E-state index >= 15 is 0 Å². The molecule has 0 saturated carbocycles. The van der Waals surface area contributed by atoms with Crippen LogP contribution in [-0.4, -0.2) is 21.0 Å². The Labute approximate surface area is 132 Å². The van der Waals surface area contributed by atoms with Gasteiger partial charge in [0.15, 0.2) is 5.15 Å². The van der Waals surface area contributed by atoms with Crippen molar-refractivity contribution in [3.63, 3.8) is 0 Å². The Balaban J connectivity index is 0.000000224. The summed E-state index contributed by atoms with van der Waals surface area (Å²) in [5, 5.41) is 8.32. The maximum absolute atomic E-state index is 12.0. The second kappa shape index (κ2) is 7.48. The van der Waals surface area contributed by atoms with E-state index in [1.165, 1.54) is 12.1 Å². The highest BCUT2D eigenvalue weighted by Crippen LogP contribution is 2.29. The zero-order chi connectivity index (χ0) is 16.9. The third-order valence-electron chi connectivity index (χ3n) is 2.31. The van der Waals surface area contributed by atoms with E-state index < -0.39 is 17.7 Å². The van der Waals surface area contributed by atoms with Gasteiger partial charge in [0.05, 0.1) is 5.56 Å². The average molecular weight is 355 g/mol. The largest absolute Gasteiger partial charge is 0.674 e. The molecule has 1 heterocycles. The lowest BCUT2D eigenvalue weighted by Gasteiger charge is -2.07. The number of H-pyrrole nitrogens is 1. The number of nitrogens with one attached hydrogen (secondary N) is 2. The minimum Gasteiger partial charge on any atom is -0.674 e. The highest BCUT2D eigenvalue weighted by atomic mass is 35.5. The van der Waals surface area contributed by atoms with Gasteiger partial charge < -0.3 is 15.8 Å². The Morgan fingerprint density at radius 1 is 1.27 bits per heavy atom. The molecule has 3 N–H and O–H groups in total. The Hall–Kier alpha value is -1.77. The Morgan fingerprint density at radius 3 is 2.09 bits per heavy atom. The summed E-state index contributed by atoms with van der Waals surface area (Å²) >= 11 is 10.7. The molecule has 0 saturated heterocycles. The highest BCUT2D eigenvalue weighted by Gasteiger charge is 2.29. The number of aromatic amines is 1. The number of benzene rings is 1. The Bertz CT molecular complexity index is 623. The van der Waals surface area contributed by atoms with Gasteiger partial charge in [-0.05, 0) is 12.1 Å². The number of carbonyl (C=O) groups is 1. The second-order valence-corrected chi connectivity index (χ2v) is 4.60. The number of aromatic nitrogens is 2. The van der Waals surface area contributed by atoms with E-state index in [1.54, 1.807) is 0 Å². The molecular weight excluding hydrogens is 346 g/mol. The summed E-state index contributed by atoms with van der Waals surface area (Å²) in [7, 11) is 0. The molecule has 0 atom stereocenters. The predicted octanol–water partition coefficient (Wildman–Crippen LogP) is 4.67. The van der Waals surface area contributed by atoms with Crippen molar-refractivity contribution in [3.8, 4) is 0 Å². The van der Waals surface area contributed by atoms with Crippen LogP contribution in [-0.2, 0) is 12.7 Å². The third kappa shape index (κ3) is 5.21. The van der Waals surface area contributed by atoms with Gasteiger partial charge >= 0.3 is 12.1 Å². The van der Waals surface area contributed by atoms with Crippen molar-refractivity contribution >= 4 is 29.2 Å². The van der Waals surface area contributed by atoms with Gasteiger partial charge in [0.2, 0.25) is 5.82 Å². The fourth-order valence-electron chi connectivity index (χ4n) is 1.24. The molecule has 22 heavy (non-hydrogen) atoms. The van der Waals surface area contributed by atoms with Gasteiger partial charge in [0.25, 0.3) is 0 Å². The summed E-state index contributed by atoms with van der Waals surface area (Å²) in [6.45, 7) is 0.0120. The molecule has 5 nitrogen and oxygen atoms in total. The molecule has 0 amide bonds. The number of imidazole rings is 1. The van der Waals surface area contributed by atoms with Crippen LogP contribution >= 0.6 is 23.2 Å². The molecule has 0 aliphatic heterocycles. The quantitative estimate of drug-likeness (QED) is 0.820. The van der Waals surface area contributed by atoms with Gasteiger partial charge in [0.1, 0.15) is 5.15 Å². The van der Waals surface area contributed by atoms with E-state index in [0.717, 1.165) is 12.1 Å². The summed E-state index contributed by atoms with van der Waals surface area (Å²) in [4.78, 5) is 15.8. The van der Waals surface area contributed by atoms with E-state index in [0.29, 0.717) is 5.56 Å². The number of carboxylic acid groups (broad SMARTS) is 1. The number of hydrogen-bond acceptors (Lipinski definition) is 2. The second-order valence-electron chi connectivity index (χ2n) is 3.87. The molecular formula is C12H9Cl2F3N3O2-. The number of halogens is 5. The molecule has 0 aliphatic rings.